The smallest absolute Gasteiger partial charge is 0.409 e. The second-order valence-corrected chi connectivity index (χ2v) is 8.61. The summed E-state index contributed by atoms with van der Waals surface area (Å²) in [5.41, 5.74) is 4.31. The van der Waals surface area contributed by atoms with E-state index in [1.165, 1.54) is 7.11 Å². The van der Waals surface area contributed by atoms with E-state index < -0.39 is 5.97 Å². The first-order valence-corrected chi connectivity index (χ1v) is 11.2. The Bertz CT molecular complexity index is 1080. The van der Waals surface area contributed by atoms with Gasteiger partial charge in [0.15, 0.2) is 0 Å². The molecule has 3 atom stereocenters. The van der Waals surface area contributed by atoms with E-state index in [1.807, 2.05) is 31.2 Å². The summed E-state index contributed by atoms with van der Waals surface area (Å²) >= 11 is 0. The molecule has 2 bridgehead atoms. The van der Waals surface area contributed by atoms with E-state index in [0.29, 0.717) is 18.7 Å². The molecule has 2 aromatic carbocycles. The third-order valence-electron chi connectivity index (χ3n) is 6.66. The van der Waals surface area contributed by atoms with Crippen molar-refractivity contribution in [1.29, 1.82) is 5.26 Å². The Morgan fingerprint density at radius 1 is 1.21 bits per heavy atom. The van der Waals surface area contributed by atoms with E-state index in [0.717, 1.165) is 35.5 Å². The number of hydrogen-bond acceptors (Lipinski definition) is 6. The maximum Gasteiger partial charge on any atom is 0.409 e. The van der Waals surface area contributed by atoms with Crippen LogP contribution in [-0.2, 0) is 9.53 Å². The average molecular weight is 449 g/mol. The molecule has 0 aromatic heterocycles. The van der Waals surface area contributed by atoms with Gasteiger partial charge in [-0.25, -0.2) is 4.79 Å². The van der Waals surface area contributed by atoms with E-state index in [4.69, 9.17) is 10.00 Å². The van der Waals surface area contributed by atoms with Crippen molar-refractivity contribution in [3.63, 3.8) is 0 Å². The molecular formula is C25H28N4O4. The van der Waals surface area contributed by atoms with Gasteiger partial charge < -0.3 is 25.0 Å². The SMILES string of the molecule is CCC(CC(=O)O)c1ccc(N2C[C@@H]3C[C@H]2CN3C(=O)OC)c(Nc2ccc(C#N)cc2)c1. The highest BCUT2D eigenvalue weighted by molar-refractivity contribution is 5.78. The van der Waals surface area contributed by atoms with E-state index >= 15 is 0 Å². The van der Waals surface area contributed by atoms with Gasteiger partial charge in [-0.05, 0) is 60.7 Å². The number of carboxylic acids is 1. The predicted molar refractivity (Wildman–Crippen MR) is 125 cm³/mol. The van der Waals surface area contributed by atoms with Gasteiger partial charge in [-0.1, -0.05) is 13.0 Å². The highest BCUT2D eigenvalue weighted by Gasteiger charge is 2.46. The highest BCUT2D eigenvalue weighted by atomic mass is 16.5. The summed E-state index contributed by atoms with van der Waals surface area (Å²) in [7, 11) is 1.41. The van der Waals surface area contributed by atoms with Gasteiger partial charge in [0, 0.05) is 24.8 Å². The van der Waals surface area contributed by atoms with Crippen LogP contribution in [0.1, 0.15) is 43.2 Å². The Hall–Kier alpha value is -3.73. The normalized spacial score (nSPS) is 19.8. The minimum Gasteiger partial charge on any atom is -0.481 e. The molecule has 0 saturated carbocycles. The lowest BCUT2D eigenvalue weighted by Crippen LogP contribution is -2.49. The third kappa shape index (κ3) is 4.58. The fraction of sp³-hybridized carbons (Fsp3) is 0.400. The summed E-state index contributed by atoms with van der Waals surface area (Å²) in [4.78, 5) is 27.5. The number of carboxylic acid groups (broad SMARTS) is 1. The van der Waals surface area contributed by atoms with Crippen LogP contribution in [0.3, 0.4) is 0 Å². The van der Waals surface area contributed by atoms with Gasteiger partial charge in [0.05, 0.1) is 42.6 Å². The molecule has 1 unspecified atom stereocenters. The average Bonchev–Trinajstić information content (AvgIpc) is 3.43. The van der Waals surface area contributed by atoms with Gasteiger partial charge in [-0.15, -0.1) is 0 Å². The molecule has 33 heavy (non-hydrogen) atoms. The van der Waals surface area contributed by atoms with E-state index in [2.05, 4.69) is 22.4 Å². The molecule has 0 spiro atoms. The molecule has 8 heteroatoms. The third-order valence-corrected chi connectivity index (χ3v) is 6.66. The fourth-order valence-electron chi connectivity index (χ4n) is 4.95. The standard InChI is InChI=1S/C25H28N4O4/c1-3-17(11-24(30)31)18-6-9-23(22(10-18)27-19-7-4-16(13-26)5-8-19)28-14-21-12-20(28)15-29(21)25(32)33-2/h4-10,17,20-21,27H,3,11-12,14-15H2,1-2H3,(H,30,31)/t17?,20-,21-/m0/s1. The Balaban J connectivity index is 1.65. The number of piperazine rings is 1. The lowest BCUT2D eigenvalue weighted by Gasteiger charge is -2.36. The summed E-state index contributed by atoms with van der Waals surface area (Å²) in [6, 6.07) is 15.8. The van der Waals surface area contributed by atoms with Crippen LogP contribution < -0.4 is 10.2 Å². The summed E-state index contributed by atoms with van der Waals surface area (Å²) in [5.74, 6) is -0.893. The number of nitriles is 1. The number of likely N-dealkylation sites (tertiary alicyclic amines) is 1. The first-order valence-electron chi connectivity index (χ1n) is 11.2. The zero-order valence-electron chi connectivity index (χ0n) is 18.8. The monoisotopic (exact) mass is 448 g/mol. The van der Waals surface area contributed by atoms with Gasteiger partial charge in [-0.2, -0.15) is 5.26 Å². The molecule has 4 rings (SSSR count). The molecule has 2 aliphatic heterocycles. The topological polar surface area (TPSA) is 106 Å². The van der Waals surface area contributed by atoms with Crippen LogP contribution in [0.2, 0.25) is 0 Å². The minimum atomic E-state index is -0.813. The summed E-state index contributed by atoms with van der Waals surface area (Å²) < 4.78 is 4.92. The second-order valence-electron chi connectivity index (χ2n) is 8.61. The van der Waals surface area contributed by atoms with Crippen molar-refractivity contribution in [3.05, 3.63) is 53.6 Å². The van der Waals surface area contributed by atoms with E-state index in [-0.39, 0.29) is 30.5 Å². The summed E-state index contributed by atoms with van der Waals surface area (Å²) in [6.45, 7) is 3.33. The number of amides is 1. The van der Waals surface area contributed by atoms with Crippen LogP contribution >= 0.6 is 0 Å². The first-order chi connectivity index (χ1) is 15.9. The number of methoxy groups -OCH3 is 1. The molecule has 2 aromatic rings. The van der Waals surface area contributed by atoms with Gasteiger partial charge in [0.1, 0.15) is 0 Å². The van der Waals surface area contributed by atoms with Crippen molar-refractivity contribution in [2.24, 2.45) is 0 Å². The number of ether oxygens (including phenoxy) is 1. The van der Waals surface area contributed by atoms with Gasteiger partial charge in [-0.3, -0.25) is 4.79 Å². The number of nitrogens with zero attached hydrogens (tertiary/aromatic N) is 3. The molecular weight excluding hydrogens is 420 g/mol. The van der Waals surface area contributed by atoms with E-state index in [9.17, 15) is 14.7 Å². The lowest BCUT2D eigenvalue weighted by molar-refractivity contribution is -0.137. The number of carbonyl (C=O) groups is 2. The van der Waals surface area contributed by atoms with Crippen LogP contribution in [0.25, 0.3) is 0 Å². The fourth-order valence-corrected chi connectivity index (χ4v) is 4.95. The van der Waals surface area contributed by atoms with Crippen molar-refractivity contribution >= 4 is 29.1 Å². The van der Waals surface area contributed by atoms with Crippen LogP contribution in [0.4, 0.5) is 21.9 Å². The number of aliphatic carboxylic acids is 1. The van der Waals surface area contributed by atoms with Gasteiger partial charge in [0.2, 0.25) is 0 Å². The molecule has 0 aliphatic carbocycles. The van der Waals surface area contributed by atoms with Gasteiger partial charge in [0.25, 0.3) is 0 Å². The summed E-state index contributed by atoms with van der Waals surface area (Å²) in [6.07, 6.45) is 1.41. The number of hydrogen-bond donors (Lipinski definition) is 2. The quantitative estimate of drug-likeness (QED) is 0.650. The van der Waals surface area contributed by atoms with Crippen molar-refractivity contribution in [1.82, 2.24) is 4.90 Å². The van der Waals surface area contributed by atoms with Gasteiger partial charge >= 0.3 is 12.1 Å². The maximum atomic E-state index is 12.1. The van der Waals surface area contributed by atoms with Crippen LogP contribution in [0, 0.1) is 11.3 Å². The minimum absolute atomic E-state index is 0.0780. The number of anilines is 3. The zero-order valence-corrected chi connectivity index (χ0v) is 18.8. The molecule has 2 fully saturated rings. The number of fused-ring (bicyclic) bond motifs is 2. The maximum absolute atomic E-state index is 12.1. The number of rotatable bonds is 7. The molecule has 2 N–H and O–H groups in total. The zero-order chi connectivity index (χ0) is 23.5. The van der Waals surface area contributed by atoms with Crippen molar-refractivity contribution in [3.8, 4) is 6.07 Å². The Kier molecular flexibility index (Phi) is 6.40. The lowest BCUT2D eigenvalue weighted by atomic mass is 9.92. The Morgan fingerprint density at radius 3 is 2.55 bits per heavy atom. The van der Waals surface area contributed by atoms with Crippen molar-refractivity contribution < 1.29 is 19.4 Å². The molecule has 172 valence electrons. The Labute approximate surface area is 193 Å². The summed E-state index contributed by atoms with van der Waals surface area (Å²) in [5, 5.41) is 21.9. The van der Waals surface area contributed by atoms with Crippen molar-refractivity contribution in [2.45, 2.75) is 44.2 Å². The number of benzene rings is 2. The van der Waals surface area contributed by atoms with Crippen LogP contribution in [0.15, 0.2) is 42.5 Å². The highest BCUT2D eigenvalue weighted by Crippen LogP contribution is 2.41. The second kappa shape index (κ2) is 9.41. The number of nitrogens with one attached hydrogen (secondary N) is 1. The molecule has 8 nitrogen and oxygen atoms in total. The molecule has 2 aliphatic rings. The van der Waals surface area contributed by atoms with Crippen LogP contribution in [0.5, 0.6) is 0 Å². The molecule has 0 radical (unpaired) electrons. The number of carbonyl (C=O) groups excluding carboxylic acids is 1. The Morgan fingerprint density at radius 2 is 1.97 bits per heavy atom. The first kappa shape index (κ1) is 22.5. The van der Waals surface area contributed by atoms with Crippen LogP contribution in [-0.4, -0.2) is 54.4 Å². The molecule has 2 heterocycles. The molecule has 2 saturated heterocycles. The van der Waals surface area contributed by atoms with Crippen molar-refractivity contribution in [2.75, 3.05) is 30.4 Å². The largest absolute Gasteiger partial charge is 0.481 e. The predicted octanol–water partition coefficient (Wildman–Crippen LogP) is 4.30. The molecule has 1 amide bonds. The van der Waals surface area contributed by atoms with E-state index in [1.54, 1.807) is 17.0 Å².